The van der Waals surface area contributed by atoms with Crippen LogP contribution in [0.3, 0.4) is 0 Å². The Bertz CT molecular complexity index is 689. The van der Waals surface area contributed by atoms with Crippen molar-refractivity contribution in [1.29, 1.82) is 0 Å². The summed E-state index contributed by atoms with van der Waals surface area (Å²) in [6.45, 7) is 8.26. The zero-order valence-electron chi connectivity index (χ0n) is 13.9. The van der Waals surface area contributed by atoms with E-state index in [1.807, 2.05) is 20.8 Å². The van der Waals surface area contributed by atoms with E-state index in [9.17, 15) is 9.59 Å². The zero-order chi connectivity index (χ0) is 17.0. The van der Waals surface area contributed by atoms with Crippen molar-refractivity contribution in [2.24, 2.45) is 0 Å². The standard InChI is InChI=1S/C15H22N6O2/c1-10(21-12(3)15(13(4)22)11(2)19-21)7-14(23)16-5-6-20-8-17-18-9-20/h8-10H,5-7H2,1-4H3,(H,16,23). The van der Waals surface area contributed by atoms with E-state index in [4.69, 9.17) is 0 Å². The maximum atomic E-state index is 12.0. The fourth-order valence-electron chi connectivity index (χ4n) is 2.69. The fourth-order valence-corrected chi connectivity index (χ4v) is 2.69. The Labute approximate surface area is 134 Å². The minimum atomic E-state index is -0.114. The number of nitrogens with one attached hydrogen (secondary N) is 1. The highest BCUT2D eigenvalue weighted by molar-refractivity contribution is 5.96. The van der Waals surface area contributed by atoms with E-state index in [1.165, 1.54) is 6.92 Å². The largest absolute Gasteiger partial charge is 0.354 e. The molecule has 124 valence electrons. The molecule has 8 heteroatoms. The Morgan fingerprint density at radius 1 is 1.26 bits per heavy atom. The van der Waals surface area contributed by atoms with Crippen LogP contribution in [-0.4, -0.2) is 42.8 Å². The molecule has 0 radical (unpaired) electrons. The molecule has 1 amide bonds. The zero-order valence-corrected chi connectivity index (χ0v) is 13.9. The lowest BCUT2D eigenvalue weighted by Gasteiger charge is -2.14. The minimum absolute atomic E-state index is 0.00292. The summed E-state index contributed by atoms with van der Waals surface area (Å²) >= 11 is 0. The van der Waals surface area contributed by atoms with Crippen molar-refractivity contribution in [3.8, 4) is 0 Å². The predicted molar refractivity (Wildman–Crippen MR) is 84.1 cm³/mol. The van der Waals surface area contributed by atoms with E-state index in [0.717, 1.165) is 5.69 Å². The van der Waals surface area contributed by atoms with Crippen LogP contribution >= 0.6 is 0 Å². The molecule has 0 aromatic carbocycles. The van der Waals surface area contributed by atoms with Gasteiger partial charge in [0.05, 0.1) is 17.3 Å². The van der Waals surface area contributed by atoms with E-state index >= 15 is 0 Å². The molecule has 0 aliphatic rings. The summed E-state index contributed by atoms with van der Waals surface area (Å²) in [5.74, 6) is -0.0562. The summed E-state index contributed by atoms with van der Waals surface area (Å²) in [6, 6.07) is -0.114. The lowest BCUT2D eigenvalue weighted by Crippen LogP contribution is -2.29. The molecule has 23 heavy (non-hydrogen) atoms. The number of hydrogen-bond acceptors (Lipinski definition) is 5. The van der Waals surface area contributed by atoms with Crippen molar-refractivity contribution in [2.75, 3.05) is 6.54 Å². The summed E-state index contributed by atoms with van der Waals surface area (Å²) < 4.78 is 3.55. The number of rotatable bonds is 7. The second-order valence-electron chi connectivity index (χ2n) is 5.65. The van der Waals surface area contributed by atoms with Crippen molar-refractivity contribution in [1.82, 2.24) is 29.9 Å². The second kappa shape index (κ2) is 7.17. The van der Waals surface area contributed by atoms with Gasteiger partial charge in [0.1, 0.15) is 12.7 Å². The quantitative estimate of drug-likeness (QED) is 0.770. The topological polar surface area (TPSA) is 94.7 Å². The van der Waals surface area contributed by atoms with Crippen LogP contribution in [-0.2, 0) is 11.3 Å². The summed E-state index contributed by atoms with van der Waals surface area (Å²) in [6.07, 6.45) is 3.52. The van der Waals surface area contributed by atoms with Crippen LogP contribution < -0.4 is 5.32 Å². The average molecular weight is 318 g/mol. The van der Waals surface area contributed by atoms with Gasteiger partial charge < -0.3 is 9.88 Å². The third-order valence-corrected chi connectivity index (χ3v) is 3.73. The molecule has 0 aliphatic carbocycles. The lowest BCUT2D eigenvalue weighted by molar-refractivity contribution is -0.121. The molecule has 0 saturated carbocycles. The Morgan fingerprint density at radius 2 is 1.91 bits per heavy atom. The van der Waals surface area contributed by atoms with E-state index in [-0.39, 0.29) is 17.7 Å². The highest BCUT2D eigenvalue weighted by Gasteiger charge is 2.20. The van der Waals surface area contributed by atoms with Gasteiger partial charge in [-0.3, -0.25) is 14.3 Å². The first kappa shape index (κ1) is 16.9. The number of amides is 1. The van der Waals surface area contributed by atoms with Crippen LogP contribution in [0.25, 0.3) is 0 Å². The smallest absolute Gasteiger partial charge is 0.222 e. The van der Waals surface area contributed by atoms with Crippen LogP contribution in [0.2, 0.25) is 0 Å². The molecule has 2 aromatic heterocycles. The molecule has 2 heterocycles. The van der Waals surface area contributed by atoms with Gasteiger partial charge in [-0.15, -0.1) is 10.2 Å². The number of carbonyl (C=O) groups excluding carboxylic acids is 2. The van der Waals surface area contributed by atoms with Crippen LogP contribution in [0, 0.1) is 13.8 Å². The van der Waals surface area contributed by atoms with Crippen molar-refractivity contribution in [3.05, 3.63) is 29.6 Å². The molecule has 0 aliphatic heterocycles. The first-order valence-electron chi connectivity index (χ1n) is 7.56. The molecule has 1 atom stereocenters. The highest BCUT2D eigenvalue weighted by atomic mass is 16.1. The van der Waals surface area contributed by atoms with E-state index in [2.05, 4.69) is 20.6 Å². The molecule has 2 rings (SSSR count). The van der Waals surface area contributed by atoms with Gasteiger partial charge in [-0.05, 0) is 27.7 Å². The third-order valence-electron chi connectivity index (χ3n) is 3.73. The summed E-state index contributed by atoms with van der Waals surface area (Å²) in [5, 5.41) is 14.7. The molecule has 0 saturated heterocycles. The molecule has 1 unspecified atom stereocenters. The van der Waals surface area contributed by atoms with Crippen molar-refractivity contribution >= 4 is 11.7 Å². The molecule has 2 aromatic rings. The molecular weight excluding hydrogens is 296 g/mol. The van der Waals surface area contributed by atoms with Gasteiger partial charge in [-0.25, -0.2) is 0 Å². The first-order valence-corrected chi connectivity index (χ1v) is 7.56. The summed E-state index contributed by atoms with van der Waals surface area (Å²) in [5.41, 5.74) is 2.15. The summed E-state index contributed by atoms with van der Waals surface area (Å²) in [7, 11) is 0. The SMILES string of the molecule is CC(=O)c1c(C)nn(C(C)CC(=O)NCCn2cnnc2)c1C. The van der Waals surface area contributed by atoms with Gasteiger partial charge in [-0.1, -0.05) is 0 Å². The molecule has 0 spiro atoms. The number of hydrogen-bond donors (Lipinski definition) is 1. The third kappa shape index (κ3) is 4.02. The normalized spacial score (nSPS) is 12.2. The van der Waals surface area contributed by atoms with Gasteiger partial charge in [0.15, 0.2) is 5.78 Å². The number of aryl methyl sites for hydroxylation is 1. The maximum Gasteiger partial charge on any atom is 0.222 e. The number of nitrogens with zero attached hydrogens (tertiary/aromatic N) is 5. The monoisotopic (exact) mass is 318 g/mol. The number of Topliss-reactive ketones (excluding diaryl/α,β-unsaturated/α-hetero) is 1. The maximum absolute atomic E-state index is 12.0. The second-order valence-corrected chi connectivity index (χ2v) is 5.65. The molecule has 1 N–H and O–H groups in total. The Hall–Kier alpha value is -2.51. The van der Waals surface area contributed by atoms with Crippen molar-refractivity contribution in [3.63, 3.8) is 0 Å². The van der Waals surface area contributed by atoms with Gasteiger partial charge >= 0.3 is 0 Å². The van der Waals surface area contributed by atoms with E-state index in [0.29, 0.717) is 30.8 Å². The summed E-state index contributed by atoms with van der Waals surface area (Å²) in [4.78, 5) is 23.7. The van der Waals surface area contributed by atoms with Gasteiger partial charge in [0.2, 0.25) is 5.91 Å². The molecular formula is C15H22N6O2. The van der Waals surface area contributed by atoms with Crippen LogP contribution in [0.15, 0.2) is 12.7 Å². The number of ketones is 1. The number of carbonyl (C=O) groups is 2. The van der Waals surface area contributed by atoms with E-state index < -0.39 is 0 Å². The number of aromatic nitrogens is 5. The van der Waals surface area contributed by atoms with E-state index in [1.54, 1.807) is 21.9 Å². The lowest BCUT2D eigenvalue weighted by atomic mass is 10.1. The first-order chi connectivity index (χ1) is 10.9. The van der Waals surface area contributed by atoms with Gasteiger partial charge in [0, 0.05) is 25.2 Å². The predicted octanol–water partition coefficient (Wildman–Crippen LogP) is 1.06. The van der Waals surface area contributed by atoms with Crippen LogP contribution in [0.1, 0.15) is 48.1 Å². The van der Waals surface area contributed by atoms with Crippen molar-refractivity contribution < 1.29 is 9.59 Å². The highest BCUT2D eigenvalue weighted by Crippen LogP contribution is 2.19. The average Bonchev–Trinajstić information content (AvgIpc) is 3.06. The molecule has 0 fully saturated rings. The minimum Gasteiger partial charge on any atom is -0.354 e. The molecule has 8 nitrogen and oxygen atoms in total. The van der Waals surface area contributed by atoms with Crippen LogP contribution in [0.4, 0.5) is 0 Å². The Kier molecular flexibility index (Phi) is 5.25. The fraction of sp³-hybridized carbons (Fsp3) is 0.533. The van der Waals surface area contributed by atoms with Gasteiger partial charge in [-0.2, -0.15) is 5.10 Å². The van der Waals surface area contributed by atoms with Crippen LogP contribution in [0.5, 0.6) is 0 Å². The Balaban J connectivity index is 1.91. The molecule has 0 bridgehead atoms. The Morgan fingerprint density at radius 3 is 2.48 bits per heavy atom. The van der Waals surface area contributed by atoms with Crippen molar-refractivity contribution in [2.45, 2.75) is 46.7 Å². The van der Waals surface area contributed by atoms with Gasteiger partial charge in [0.25, 0.3) is 0 Å².